The number of carbonyl (C=O) groups is 1. The molecule has 2 rings (SSSR count). The van der Waals surface area contributed by atoms with E-state index < -0.39 is 0 Å². The van der Waals surface area contributed by atoms with Gasteiger partial charge in [-0.1, -0.05) is 18.2 Å². The summed E-state index contributed by atoms with van der Waals surface area (Å²) in [5.41, 5.74) is 7.45. The zero-order valence-corrected chi connectivity index (χ0v) is 10.8. The van der Waals surface area contributed by atoms with Gasteiger partial charge in [0, 0.05) is 18.3 Å². The van der Waals surface area contributed by atoms with Crippen LogP contribution in [-0.2, 0) is 4.79 Å². The monoisotopic (exact) mass is 244 g/mol. The highest BCUT2D eigenvalue weighted by molar-refractivity contribution is 5.84. The molecule has 3 heteroatoms. The van der Waals surface area contributed by atoms with E-state index in [2.05, 4.69) is 6.58 Å². The Kier molecular flexibility index (Phi) is 3.70. The maximum absolute atomic E-state index is 12.5. The molecule has 1 fully saturated rings. The lowest BCUT2D eigenvalue weighted by Gasteiger charge is -2.24. The largest absolute Gasteiger partial charge is 0.399 e. The zero-order valence-electron chi connectivity index (χ0n) is 10.8. The maximum Gasteiger partial charge on any atom is 0.230 e. The number of hydrogen-bond donors (Lipinski definition) is 1. The van der Waals surface area contributed by atoms with Gasteiger partial charge in [-0.15, -0.1) is 6.58 Å². The molecule has 0 spiro atoms. The number of anilines is 1. The van der Waals surface area contributed by atoms with E-state index in [1.165, 1.54) is 0 Å². The average molecular weight is 244 g/mol. The molecule has 1 aliphatic carbocycles. The molecule has 0 radical (unpaired) electrons. The van der Waals surface area contributed by atoms with E-state index in [9.17, 15) is 4.79 Å². The van der Waals surface area contributed by atoms with Crippen LogP contribution >= 0.6 is 0 Å². The standard InChI is InChI=1S/C15H20N2O/c1-3-9-17(14-7-8-14)15(18)11(2)12-5-4-6-13(16)10-12/h3-6,10-11,14H,1,7-9,16H2,2H3. The molecule has 0 saturated heterocycles. The molecule has 1 aromatic rings. The first-order chi connectivity index (χ1) is 8.63. The van der Waals surface area contributed by atoms with Crippen molar-refractivity contribution in [2.24, 2.45) is 0 Å². The van der Waals surface area contributed by atoms with Crippen LogP contribution in [0.5, 0.6) is 0 Å². The van der Waals surface area contributed by atoms with Crippen LogP contribution in [0, 0.1) is 0 Å². The minimum Gasteiger partial charge on any atom is -0.399 e. The predicted octanol–water partition coefficient (Wildman–Crippen LogP) is 2.55. The molecule has 0 aliphatic heterocycles. The maximum atomic E-state index is 12.5. The number of nitrogen functional groups attached to an aromatic ring is 1. The number of hydrogen-bond acceptors (Lipinski definition) is 2. The van der Waals surface area contributed by atoms with Crippen molar-refractivity contribution in [2.45, 2.75) is 31.7 Å². The lowest BCUT2D eigenvalue weighted by atomic mass is 9.99. The summed E-state index contributed by atoms with van der Waals surface area (Å²) >= 11 is 0. The first-order valence-electron chi connectivity index (χ1n) is 6.40. The first-order valence-corrected chi connectivity index (χ1v) is 6.40. The lowest BCUT2D eigenvalue weighted by Crippen LogP contribution is -2.36. The van der Waals surface area contributed by atoms with Crippen molar-refractivity contribution in [1.82, 2.24) is 4.90 Å². The Morgan fingerprint density at radius 2 is 2.33 bits per heavy atom. The minimum absolute atomic E-state index is 0.144. The summed E-state index contributed by atoms with van der Waals surface area (Å²) in [5, 5.41) is 0. The third kappa shape index (κ3) is 2.73. The van der Waals surface area contributed by atoms with E-state index in [-0.39, 0.29) is 11.8 Å². The van der Waals surface area contributed by atoms with E-state index in [1.54, 1.807) is 6.08 Å². The molecule has 1 saturated carbocycles. The fourth-order valence-corrected chi connectivity index (χ4v) is 2.16. The van der Waals surface area contributed by atoms with Crippen LogP contribution in [0.1, 0.15) is 31.2 Å². The second-order valence-corrected chi connectivity index (χ2v) is 4.90. The van der Waals surface area contributed by atoms with Crippen LogP contribution in [0.15, 0.2) is 36.9 Å². The highest BCUT2D eigenvalue weighted by atomic mass is 16.2. The molecule has 2 N–H and O–H groups in total. The van der Waals surface area contributed by atoms with Crippen LogP contribution in [0.4, 0.5) is 5.69 Å². The molecule has 96 valence electrons. The summed E-state index contributed by atoms with van der Waals surface area (Å²) in [7, 11) is 0. The van der Waals surface area contributed by atoms with E-state index in [0.29, 0.717) is 18.3 Å². The fraction of sp³-hybridized carbons (Fsp3) is 0.400. The SMILES string of the molecule is C=CCN(C(=O)C(C)c1cccc(N)c1)C1CC1. The summed E-state index contributed by atoms with van der Waals surface area (Å²) in [6.07, 6.45) is 4.02. The van der Waals surface area contributed by atoms with Crippen LogP contribution in [0.3, 0.4) is 0 Å². The molecule has 1 amide bonds. The number of benzene rings is 1. The Bertz CT molecular complexity index is 452. The number of carbonyl (C=O) groups excluding carboxylic acids is 1. The van der Waals surface area contributed by atoms with Gasteiger partial charge in [-0.3, -0.25) is 4.79 Å². The molecule has 0 bridgehead atoms. The van der Waals surface area contributed by atoms with Crippen molar-refractivity contribution in [2.75, 3.05) is 12.3 Å². The van der Waals surface area contributed by atoms with E-state index >= 15 is 0 Å². The summed E-state index contributed by atoms with van der Waals surface area (Å²) < 4.78 is 0. The Labute approximate surface area is 108 Å². The number of nitrogens with zero attached hydrogens (tertiary/aromatic N) is 1. The van der Waals surface area contributed by atoms with Crippen LogP contribution in [-0.4, -0.2) is 23.4 Å². The Balaban J connectivity index is 2.13. The minimum atomic E-state index is -0.144. The van der Waals surface area contributed by atoms with Crippen molar-refractivity contribution < 1.29 is 4.79 Å². The molecular formula is C15H20N2O. The van der Waals surface area contributed by atoms with Crippen molar-refractivity contribution in [3.63, 3.8) is 0 Å². The summed E-state index contributed by atoms with van der Waals surface area (Å²) in [6, 6.07) is 7.98. The lowest BCUT2D eigenvalue weighted by molar-refractivity contribution is -0.132. The molecule has 0 aromatic heterocycles. The third-order valence-corrected chi connectivity index (χ3v) is 3.38. The molecule has 1 aromatic carbocycles. The van der Waals surface area contributed by atoms with Gasteiger partial charge in [0.05, 0.1) is 5.92 Å². The predicted molar refractivity (Wildman–Crippen MR) is 74.2 cm³/mol. The van der Waals surface area contributed by atoms with Gasteiger partial charge in [-0.05, 0) is 37.5 Å². The number of rotatable bonds is 5. The van der Waals surface area contributed by atoms with Gasteiger partial charge in [0.2, 0.25) is 5.91 Å². The zero-order chi connectivity index (χ0) is 13.1. The topological polar surface area (TPSA) is 46.3 Å². The summed E-state index contributed by atoms with van der Waals surface area (Å²) in [4.78, 5) is 14.4. The molecule has 18 heavy (non-hydrogen) atoms. The average Bonchev–Trinajstić information content (AvgIpc) is 3.18. The highest BCUT2D eigenvalue weighted by Crippen LogP contribution is 2.30. The third-order valence-electron chi connectivity index (χ3n) is 3.38. The van der Waals surface area contributed by atoms with E-state index in [4.69, 9.17) is 5.73 Å². The van der Waals surface area contributed by atoms with Gasteiger partial charge in [0.15, 0.2) is 0 Å². The number of nitrogens with two attached hydrogens (primary N) is 1. The van der Waals surface area contributed by atoms with Crippen LogP contribution in [0.25, 0.3) is 0 Å². The molecule has 0 heterocycles. The van der Waals surface area contributed by atoms with Gasteiger partial charge in [-0.25, -0.2) is 0 Å². The highest BCUT2D eigenvalue weighted by Gasteiger charge is 2.34. The van der Waals surface area contributed by atoms with E-state index in [1.807, 2.05) is 36.1 Å². The van der Waals surface area contributed by atoms with Crippen molar-refractivity contribution in [3.05, 3.63) is 42.5 Å². The van der Waals surface area contributed by atoms with Gasteiger partial charge in [-0.2, -0.15) is 0 Å². The Morgan fingerprint density at radius 1 is 1.61 bits per heavy atom. The second-order valence-electron chi connectivity index (χ2n) is 4.90. The van der Waals surface area contributed by atoms with Crippen LogP contribution in [0.2, 0.25) is 0 Å². The van der Waals surface area contributed by atoms with Gasteiger partial charge < -0.3 is 10.6 Å². The smallest absolute Gasteiger partial charge is 0.230 e. The molecule has 1 unspecified atom stereocenters. The van der Waals surface area contributed by atoms with Crippen LogP contribution < -0.4 is 5.73 Å². The summed E-state index contributed by atoms with van der Waals surface area (Å²) in [5.74, 6) is 0.0250. The fourth-order valence-electron chi connectivity index (χ4n) is 2.16. The quantitative estimate of drug-likeness (QED) is 0.639. The normalized spacial score (nSPS) is 16.1. The van der Waals surface area contributed by atoms with Crippen molar-refractivity contribution in [3.8, 4) is 0 Å². The number of amides is 1. The van der Waals surface area contributed by atoms with E-state index in [0.717, 1.165) is 18.4 Å². The van der Waals surface area contributed by atoms with Crippen molar-refractivity contribution >= 4 is 11.6 Å². The van der Waals surface area contributed by atoms with Gasteiger partial charge >= 0.3 is 0 Å². The first kappa shape index (κ1) is 12.7. The van der Waals surface area contributed by atoms with Crippen molar-refractivity contribution in [1.29, 1.82) is 0 Å². The molecule has 3 nitrogen and oxygen atoms in total. The Morgan fingerprint density at radius 3 is 2.89 bits per heavy atom. The molecule has 1 aliphatic rings. The second kappa shape index (κ2) is 5.25. The van der Waals surface area contributed by atoms with Gasteiger partial charge in [0.1, 0.15) is 0 Å². The summed E-state index contributed by atoms with van der Waals surface area (Å²) in [6.45, 7) is 6.30. The molecule has 1 atom stereocenters. The molecular weight excluding hydrogens is 224 g/mol. The Hall–Kier alpha value is -1.77. The van der Waals surface area contributed by atoms with Gasteiger partial charge in [0.25, 0.3) is 0 Å².